The fourth-order valence-electron chi connectivity index (χ4n) is 1.29. The molecule has 0 aliphatic rings. The van der Waals surface area contributed by atoms with Gasteiger partial charge in [0.05, 0.1) is 10.6 Å². The fourth-order valence-corrected chi connectivity index (χ4v) is 2.15. The van der Waals surface area contributed by atoms with Crippen LogP contribution in [0.5, 0.6) is 0 Å². The van der Waals surface area contributed by atoms with Crippen molar-refractivity contribution in [1.82, 2.24) is 9.97 Å². The lowest BCUT2D eigenvalue weighted by molar-refractivity contribution is 0.102. The summed E-state index contributed by atoms with van der Waals surface area (Å²) in [6.07, 6.45) is 1.20. The zero-order valence-electron chi connectivity index (χ0n) is 9.12. The SMILES string of the molecule is O=C(Nc1ncnc(Cl)c1Cl)c1cccc(Br)c1Cl. The van der Waals surface area contributed by atoms with Crippen LogP contribution in [0.3, 0.4) is 0 Å². The molecule has 98 valence electrons. The summed E-state index contributed by atoms with van der Waals surface area (Å²) >= 11 is 20.9. The van der Waals surface area contributed by atoms with Crippen LogP contribution < -0.4 is 5.32 Å². The highest BCUT2D eigenvalue weighted by Crippen LogP contribution is 2.29. The molecule has 0 fully saturated rings. The van der Waals surface area contributed by atoms with Gasteiger partial charge in [0, 0.05) is 4.47 Å². The summed E-state index contributed by atoms with van der Waals surface area (Å²) in [6, 6.07) is 5.01. The Morgan fingerprint density at radius 2 is 1.89 bits per heavy atom. The lowest BCUT2D eigenvalue weighted by Crippen LogP contribution is -2.14. The van der Waals surface area contributed by atoms with E-state index < -0.39 is 5.91 Å². The van der Waals surface area contributed by atoms with Gasteiger partial charge in [-0.1, -0.05) is 40.9 Å². The summed E-state index contributed by atoms with van der Waals surface area (Å²) in [6.45, 7) is 0. The van der Waals surface area contributed by atoms with Gasteiger partial charge in [-0.3, -0.25) is 4.79 Å². The van der Waals surface area contributed by atoms with E-state index in [0.29, 0.717) is 15.1 Å². The van der Waals surface area contributed by atoms with E-state index in [4.69, 9.17) is 34.8 Å². The first kappa shape index (κ1) is 14.5. The molecule has 2 aromatic rings. The van der Waals surface area contributed by atoms with Crippen molar-refractivity contribution in [3.05, 3.63) is 49.8 Å². The van der Waals surface area contributed by atoms with Crippen LogP contribution in [0.25, 0.3) is 0 Å². The summed E-state index contributed by atoms with van der Waals surface area (Å²) in [4.78, 5) is 19.6. The summed E-state index contributed by atoms with van der Waals surface area (Å²) in [7, 11) is 0. The summed E-state index contributed by atoms with van der Waals surface area (Å²) in [5, 5.41) is 2.96. The van der Waals surface area contributed by atoms with Gasteiger partial charge in [-0.05, 0) is 28.1 Å². The predicted molar refractivity (Wildman–Crippen MR) is 79.2 cm³/mol. The van der Waals surface area contributed by atoms with Crippen LogP contribution in [-0.4, -0.2) is 15.9 Å². The lowest BCUT2D eigenvalue weighted by atomic mass is 10.2. The molecule has 0 spiro atoms. The number of halogens is 4. The van der Waals surface area contributed by atoms with Crippen molar-refractivity contribution in [2.45, 2.75) is 0 Å². The van der Waals surface area contributed by atoms with Gasteiger partial charge in [-0.15, -0.1) is 0 Å². The number of aromatic nitrogens is 2. The Hall–Kier alpha value is -0.880. The molecule has 4 nitrogen and oxygen atoms in total. The molecule has 1 amide bonds. The van der Waals surface area contributed by atoms with Crippen LogP contribution in [0.15, 0.2) is 29.0 Å². The van der Waals surface area contributed by atoms with Crippen LogP contribution >= 0.6 is 50.7 Å². The number of carbonyl (C=O) groups excluding carboxylic acids is 1. The van der Waals surface area contributed by atoms with E-state index in [1.807, 2.05) is 0 Å². The fraction of sp³-hybridized carbons (Fsp3) is 0. The van der Waals surface area contributed by atoms with Crippen molar-refractivity contribution in [3.63, 3.8) is 0 Å². The molecule has 0 bridgehead atoms. The van der Waals surface area contributed by atoms with E-state index in [-0.39, 0.29) is 16.0 Å². The number of amides is 1. The van der Waals surface area contributed by atoms with E-state index in [0.717, 1.165) is 0 Å². The second-order valence-electron chi connectivity index (χ2n) is 3.38. The first-order valence-electron chi connectivity index (χ1n) is 4.92. The Morgan fingerprint density at radius 3 is 2.63 bits per heavy atom. The molecule has 0 aliphatic carbocycles. The molecule has 1 aromatic heterocycles. The van der Waals surface area contributed by atoms with Gasteiger partial charge in [-0.25, -0.2) is 9.97 Å². The molecule has 8 heteroatoms. The second-order valence-corrected chi connectivity index (χ2v) is 5.35. The second kappa shape index (κ2) is 6.05. The molecular weight excluding hydrogens is 376 g/mol. The quantitative estimate of drug-likeness (QED) is 0.782. The Balaban J connectivity index is 2.31. The molecule has 0 unspecified atom stereocenters. The van der Waals surface area contributed by atoms with Crippen molar-refractivity contribution < 1.29 is 4.79 Å². The molecule has 0 aliphatic heterocycles. The van der Waals surface area contributed by atoms with Crippen molar-refractivity contribution >= 4 is 62.5 Å². The van der Waals surface area contributed by atoms with E-state index in [2.05, 4.69) is 31.2 Å². The van der Waals surface area contributed by atoms with Gasteiger partial charge in [0.1, 0.15) is 11.3 Å². The standard InChI is InChI=1S/C11H5BrCl3N3O/c12-6-3-1-2-5(7(6)13)11(19)18-10-8(14)9(15)16-4-17-10/h1-4H,(H,16,17,18,19). The summed E-state index contributed by atoms with van der Waals surface area (Å²) in [5.41, 5.74) is 0.293. The Morgan fingerprint density at radius 1 is 1.16 bits per heavy atom. The number of nitrogens with one attached hydrogen (secondary N) is 1. The minimum Gasteiger partial charge on any atom is -0.305 e. The van der Waals surface area contributed by atoms with E-state index in [9.17, 15) is 4.79 Å². The molecule has 1 N–H and O–H groups in total. The molecule has 2 rings (SSSR count). The number of rotatable bonds is 2. The van der Waals surface area contributed by atoms with Crippen LogP contribution in [0.1, 0.15) is 10.4 Å². The van der Waals surface area contributed by atoms with Crippen molar-refractivity contribution in [1.29, 1.82) is 0 Å². The third-order valence-electron chi connectivity index (χ3n) is 2.18. The molecule has 1 aromatic carbocycles. The van der Waals surface area contributed by atoms with Gasteiger partial charge < -0.3 is 5.32 Å². The molecule has 0 saturated carbocycles. The van der Waals surface area contributed by atoms with Gasteiger partial charge in [0.15, 0.2) is 11.0 Å². The van der Waals surface area contributed by atoms with Gasteiger partial charge in [0.25, 0.3) is 5.91 Å². The third-order valence-corrected chi connectivity index (χ3v) is 4.21. The van der Waals surface area contributed by atoms with Crippen molar-refractivity contribution in [2.24, 2.45) is 0 Å². The van der Waals surface area contributed by atoms with Crippen LogP contribution in [0, 0.1) is 0 Å². The monoisotopic (exact) mass is 379 g/mol. The lowest BCUT2D eigenvalue weighted by Gasteiger charge is -2.08. The Kier molecular flexibility index (Phi) is 4.62. The maximum absolute atomic E-state index is 12.1. The molecule has 0 saturated heterocycles. The largest absolute Gasteiger partial charge is 0.305 e. The molecule has 1 heterocycles. The average molecular weight is 381 g/mol. The summed E-state index contributed by atoms with van der Waals surface area (Å²) in [5.74, 6) is -0.314. The number of benzene rings is 1. The molecule has 19 heavy (non-hydrogen) atoms. The number of nitrogens with zero attached hydrogens (tertiary/aromatic N) is 2. The molecule has 0 atom stereocenters. The zero-order chi connectivity index (χ0) is 14.0. The van der Waals surface area contributed by atoms with Gasteiger partial charge in [-0.2, -0.15) is 0 Å². The van der Waals surface area contributed by atoms with Crippen LogP contribution in [0.4, 0.5) is 5.82 Å². The predicted octanol–water partition coefficient (Wildman–Crippen LogP) is 4.45. The van der Waals surface area contributed by atoms with Crippen LogP contribution in [0.2, 0.25) is 15.2 Å². The number of carbonyl (C=O) groups is 1. The van der Waals surface area contributed by atoms with E-state index in [1.165, 1.54) is 6.33 Å². The first-order chi connectivity index (χ1) is 9.00. The number of anilines is 1. The minimum atomic E-state index is -0.442. The van der Waals surface area contributed by atoms with Crippen molar-refractivity contribution in [2.75, 3.05) is 5.32 Å². The minimum absolute atomic E-state index is 0.0623. The third kappa shape index (κ3) is 3.17. The Bertz CT molecular complexity index is 651. The number of hydrogen-bond acceptors (Lipinski definition) is 3. The first-order valence-corrected chi connectivity index (χ1v) is 6.84. The maximum atomic E-state index is 12.1. The van der Waals surface area contributed by atoms with Gasteiger partial charge in [0.2, 0.25) is 0 Å². The topological polar surface area (TPSA) is 54.9 Å². The van der Waals surface area contributed by atoms with E-state index >= 15 is 0 Å². The van der Waals surface area contributed by atoms with Crippen molar-refractivity contribution in [3.8, 4) is 0 Å². The number of hydrogen-bond donors (Lipinski definition) is 1. The normalized spacial score (nSPS) is 10.3. The maximum Gasteiger partial charge on any atom is 0.258 e. The molecular formula is C11H5BrCl3N3O. The smallest absolute Gasteiger partial charge is 0.258 e. The van der Waals surface area contributed by atoms with Gasteiger partial charge >= 0.3 is 0 Å². The molecule has 0 radical (unpaired) electrons. The highest BCUT2D eigenvalue weighted by Gasteiger charge is 2.15. The summed E-state index contributed by atoms with van der Waals surface area (Å²) < 4.78 is 0.619. The zero-order valence-corrected chi connectivity index (χ0v) is 13.0. The highest BCUT2D eigenvalue weighted by molar-refractivity contribution is 9.10. The van der Waals surface area contributed by atoms with Crippen LogP contribution in [-0.2, 0) is 0 Å². The van der Waals surface area contributed by atoms with E-state index in [1.54, 1.807) is 18.2 Å². The highest BCUT2D eigenvalue weighted by atomic mass is 79.9. The average Bonchev–Trinajstić information content (AvgIpc) is 2.38. The Labute approximate surface area is 132 Å².